The minimum atomic E-state index is -1.69. The predicted octanol–water partition coefficient (Wildman–Crippen LogP) is 2.52. The van der Waals surface area contributed by atoms with Crippen LogP contribution in [0.1, 0.15) is 38.0 Å². The van der Waals surface area contributed by atoms with E-state index in [0.717, 1.165) is 0 Å². The van der Waals surface area contributed by atoms with Gasteiger partial charge in [-0.25, -0.2) is 14.4 Å². The fourth-order valence-corrected chi connectivity index (χ4v) is 4.07. The fourth-order valence-electron chi connectivity index (χ4n) is 4.07. The molecule has 0 aromatic heterocycles. The third-order valence-corrected chi connectivity index (χ3v) is 5.93. The molecule has 0 spiro atoms. The van der Waals surface area contributed by atoms with E-state index in [2.05, 4.69) is 5.32 Å². The first kappa shape index (κ1) is 27.5. The summed E-state index contributed by atoms with van der Waals surface area (Å²) in [5.41, 5.74) is 0.669. The molecule has 0 radical (unpaired) electrons. The van der Waals surface area contributed by atoms with Crippen LogP contribution >= 0.6 is 0 Å². The van der Waals surface area contributed by atoms with Gasteiger partial charge in [-0.05, 0) is 36.4 Å². The van der Waals surface area contributed by atoms with Crippen molar-refractivity contribution in [3.63, 3.8) is 0 Å². The summed E-state index contributed by atoms with van der Waals surface area (Å²) in [6, 6.07) is 23.0. The van der Waals surface area contributed by atoms with Crippen molar-refractivity contribution in [3.05, 3.63) is 108 Å². The highest BCUT2D eigenvalue weighted by Crippen LogP contribution is 2.28. The second-order valence-corrected chi connectivity index (χ2v) is 8.73. The quantitative estimate of drug-likeness (QED) is 0.330. The monoisotopic (exact) mass is 533 g/mol. The molecule has 5 atom stereocenters. The summed E-state index contributed by atoms with van der Waals surface area (Å²) in [5, 5.41) is 13.3. The average molecular weight is 534 g/mol. The van der Waals surface area contributed by atoms with E-state index in [4.69, 9.17) is 18.9 Å². The van der Waals surface area contributed by atoms with Gasteiger partial charge in [-0.2, -0.15) is 0 Å². The molecule has 0 aliphatic carbocycles. The van der Waals surface area contributed by atoms with Gasteiger partial charge in [0.1, 0.15) is 18.8 Å². The Balaban J connectivity index is 1.64. The third kappa shape index (κ3) is 7.07. The second-order valence-electron chi connectivity index (χ2n) is 8.73. The summed E-state index contributed by atoms with van der Waals surface area (Å²) in [6.07, 6.45) is -5.72. The molecule has 2 unspecified atom stereocenters. The molecule has 3 aromatic carbocycles. The Hall–Kier alpha value is -4.54. The first-order valence-corrected chi connectivity index (χ1v) is 12.2. The number of benzene rings is 3. The molecule has 2 N–H and O–H groups in total. The first-order chi connectivity index (χ1) is 18.8. The molecular weight excluding hydrogens is 506 g/mol. The van der Waals surface area contributed by atoms with Crippen molar-refractivity contribution in [2.24, 2.45) is 0 Å². The number of carbonyl (C=O) groups is 4. The maximum absolute atomic E-state index is 13.1. The molecule has 10 nitrogen and oxygen atoms in total. The van der Waals surface area contributed by atoms with Gasteiger partial charge in [-0.15, -0.1) is 0 Å². The molecule has 1 aliphatic rings. The van der Waals surface area contributed by atoms with Gasteiger partial charge in [0.05, 0.1) is 16.7 Å². The van der Waals surface area contributed by atoms with Gasteiger partial charge >= 0.3 is 17.9 Å². The van der Waals surface area contributed by atoms with Crippen LogP contribution in [0.3, 0.4) is 0 Å². The van der Waals surface area contributed by atoms with Crippen molar-refractivity contribution in [1.82, 2.24) is 5.32 Å². The summed E-state index contributed by atoms with van der Waals surface area (Å²) < 4.78 is 22.5. The Bertz CT molecular complexity index is 1280. The summed E-state index contributed by atoms with van der Waals surface area (Å²) >= 11 is 0. The van der Waals surface area contributed by atoms with Gasteiger partial charge < -0.3 is 29.4 Å². The predicted molar refractivity (Wildman–Crippen MR) is 136 cm³/mol. The van der Waals surface area contributed by atoms with Crippen LogP contribution < -0.4 is 5.32 Å². The van der Waals surface area contributed by atoms with Gasteiger partial charge in [-0.3, -0.25) is 4.79 Å². The van der Waals surface area contributed by atoms with Crippen LogP contribution in [0.4, 0.5) is 0 Å². The maximum Gasteiger partial charge on any atom is 0.338 e. The standard InChI is InChI=1S/C29H27NO9/c1-18(31)30-23-25(39-28(34)21-15-9-4-10-16-21)24(38-27(33)20-13-7-3-8-14-20)22(37-29(23)35)17-36-26(32)19-11-5-2-6-12-19/h2-16,22-25,29,35H,17H2,1H3,(H,30,31)/t22?,23?,24-,25+,29+/m0/s1. The molecule has 4 rings (SSSR count). The Labute approximate surface area is 224 Å². The lowest BCUT2D eigenvalue weighted by Gasteiger charge is -2.43. The normalized spacial score (nSPS) is 22.3. The van der Waals surface area contributed by atoms with E-state index < -0.39 is 61.1 Å². The summed E-state index contributed by atoms with van der Waals surface area (Å²) in [6.45, 7) is 0.755. The van der Waals surface area contributed by atoms with E-state index in [0.29, 0.717) is 0 Å². The van der Waals surface area contributed by atoms with Crippen molar-refractivity contribution in [1.29, 1.82) is 0 Å². The van der Waals surface area contributed by atoms with Crippen molar-refractivity contribution < 1.29 is 43.2 Å². The zero-order chi connectivity index (χ0) is 27.8. The van der Waals surface area contributed by atoms with Crippen molar-refractivity contribution in [3.8, 4) is 0 Å². The summed E-state index contributed by atoms with van der Waals surface area (Å²) in [5.74, 6) is -2.79. The number of esters is 3. The SMILES string of the molecule is CC(=O)NC1[C@H](O)OC(COC(=O)c2ccccc2)[C@H](OC(=O)c2ccccc2)[C@@H]1OC(=O)c1ccccc1. The zero-order valence-corrected chi connectivity index (χ0v) is 21.0. The summed E-state index contributed by atoms with van der Waals surface area (Å²) in [4.78, 5) is 50.6. The average Bonchev–Trinajstić information content (AvgIpc) is 2.96. The smallest absolute Gasteiger partial charge is 0.338 e. The molecule has 1 amide bonds. The number of nitrogens with one attached hydrogen (secondary N) is 1. The van der Waals surface area contributed by atoms with E-state index in [1.165, 1.54) is 31.2 Å². The maximum atomic E-state index is 13.1. The number of ether oxygens (including phenoxy) is 4. The summed E-state index contributed by atoms with van der Waals surface area (Å²) in [7, 11) is 0. The molecule has 1 aliphatic heterocycles. The number of rotatable bonds is 8. The molecule has 1 fully saturated rings. The van der Waals surface area contributed by atoms with Gasteiger partial charge in [0.15, 0.2) is 18.5 Å². The van der Waals surface area contributed by atoms with Crippen LogP contribution in [-0.4, -0.2) is 66.2 Å². The Morgan fingerprint density at radius 3 is 1.62 bits per heavy atom. The number of aliphatic hydroxyl groups excluding tert-OH is 1. The highest BCUT2D eigenvalue weighted by molar-refractivity contribution is 5.91. The van der Waals surface area contributed by atoms with Crippen molar-refractivity contribution in [2.45, 2.75) is 37.6 Å². The number of hydrogen-bond donors (Lipinski definition) is 2. The third-order valence-electron chi connectivity index (χ3n) is 5.93. The number of carbonyl (C=O) groups excluding carboxylic acids is 4. The van der Waals surface area contributed by atoms with Gasteiger partial charge in [-0.1, -0.05) is 54.6 Å². The molecule has 1 saturated heterocycles. The minimum Gasteiger partial charge on any atom is -0.459 e. The van der Waals surface area contributed by atoms with Crippen LogP contribution in [0.2, 0.25) is 0 Å². The van der Waals surface area contributed by atoms with E-state index >= 15 is 0 Å². The van der Waals surface area contributed by atoms with E-state index in [-0.39, 0.29) is 16.7 Å². The van der Waals surface area contributed by atoms with Crippen LogP contribution in [0.5, 0.6) is 0 Å². The minimum absolute atomic E-state index is 0.195. The van der Waals surface area contributed by atoms with Gasteiger partial charge in [0.25, 0.3) is 0 Å². The highest BCUT2D eigenvalue weighted by atomic mass is 16.7. The van der Waals surface area contributed by atoms with Crippen molar-refractivity contribution >= 4 is 23.8 Å². The van der Waals surface area contributed by atoms with E-state index in [9.17, 15) is 24.3 Å². The second kappa shape index (κ2) is 12.8. The van der Waals surface area contributed by atoms with Crippen LogP contribution in [-0.2, 0) is 23.7 Å². The number of hydrogen-bond acceptors (Lipinski definition) is 9. The molecule has 3 aromatic rings. The van der Waals surface area contributed by atoms with Gasteiger partial charge in [0, 0.05) is 6.92 Å². The lowest BCUT2D eigenvalue weighted by Crippen LogP contribution is -2.66. The molecule has 1 heterocycles. The topological polar surface area (TPSA) is 137 Å². The zero-order valence-electron chi connectivity index (χ0n) is 21.0. The highest BCUT2D eigenvalue weighted by Gasteiger charge is 2.51. The fraction of sp³-hybridized carbons (Fsp3) is 0.241. The Morgan fingerprint density at radius 2 is 1.15 bits per heavy atom. The van der Waals surface area contributed by atoms with E-state index in [1.807, 2.05) is 0 Å². The number of aliphatic hydroxyl groups is 1. The van der Waals surface area contributed by atoms with Crippen LogP contribution in [0, 0.1) is 0 Å². The van der Waals surface area contributed by atoms with E-state index in [1.54, 1.807) is 66.7 Å². The lowest BCUT2D eigenvalue weighted by molar-refractivity contribution is -0.253. The first-order valence-electron chi connectivity index (χ1n) is 12.2. The molecule has 0 bridgehead atoms. The molecule has 39 heavy (non-hydrogen) atoms. The molecule has 0 saturated carbocycles. The van der Waals surface area contributed by atoms with Crippen LogP contribution in [0.15, 0.2) is 91.0 Å². The Morgan fingerprint density at radius 1 is 0.718 bits per heavy atom. The number of amides is 1. The Kier molecular flexibility index (Phi) is 9.03. The van der Waals surface area contributed by atoms with Crippen LogP contribution in [0.25, 0.3) is 0 Å². The molecular formula is C29H27NO9. The van der Waals surface area contributed by atoms with Crippen molar-refractivity contribution in [2.75, 3.05) is 6.61 Å². The molecule has 10 heteroatoms. The molecule has 202 valence electrons. The lowest BCUT2D eigenvalue weighted by atomic mass is 9.96. The largest absolute Gasteiger partial charge is 0.459 e. The van der Waals surface area contributed by atoms with Gasteiger partial charge in [0.2, 0.25) is 5.91 Å².